The van der Waals surface area contributed by atoms with Crippen molar-refractivity contribution in [3.05, 3.63) is 35.9 Å². The van der Waals surface area contributed by atoms with Crippen LogP contribution in [0.3, 0.4) is 0 Å². The van der Waals surface area contributed by atoms with Crippen molar-refractivity contribution in [3.63, 3.8) is 0 Å². The van der Waals surface area contributed by atoms with Crippen molar-refractivity contribution in [3.8, 4) is 5.75 Å². The monoisotopic (exact) mass is 297 g/mol. The number of carbonyl (C=O) groups excluding carboxylic acids is 1. The number of amides is 1. The average Bonchev–Trinajstić information content (AvgIpc) is 3.43. The zero-order valence-corrected chi connectivity index (χ0v) is 13.0. The molecule has 0 radical (unpaired) electrons. The first-order chi connectivity index (χ1) is 10.7. The van der Waals surface area contributed by atoms with E-state index in [4.69, 9.17) is 0 Å². The molecule has 0 aromatic heterocycles. The zero-order chi connectivity index (χ0) is 15.3. The Morgan fingerprint density at radius 1 is 1.27 bits per heavy atom. The third-order valence-corrected chi connectivity index (χ3v) is 5.61. The van der Waals surface area contributed by atoms with Gasteiger partial charge in [-0.2, -0.15) is 0 Å². The lowest BCUT2D eigenvalue weighted by Gasteiger charge is -2.28. The molecule has 0 bridgehead atoms. The van der Waals surface area contributed by atoms with E-state index in [-0.39, 0.29) is 5.92 Å². The molecule has 3 unspecified atom stereocenters. The Balaban J connectivity index is 1.48. The molecule has 2 aliphatic carbocycles. The summed E-state index contributed by atoms with van der Waals surface area (Å²) in [6.45, 7) is 3.68. The van der Waals surface area contributed by atoms with E-state index >= 15 is 0 Å². The Morgan fingerprint density at radius 2 is 2.05 bits per heavy atom. The van der Waals surface area contributed by atoms with Crippen LogP contribution < -0.4 is 0 Å². The number of nitrogens with zero attached hydrogens (tertiary/aromatic N) is 1. The zero-order valence-electron chi connectivity index (χ0n) is 13.0. The number of hydrogen-bond donors (Lipinski definition) is 1. The fourth-order valence-electron chi connectivity index (χ4n) is 4.17. The van der Waals surface area contributed by atoms with Crippen molar-refractivity contribution >= 4 is 11.5 Å². The van der Waals surface area contributed by atoms with E-state index in [9.17, 15) is 9.90 Å². The summed E-state index contributed by atoms with van der Waals surface area (Å²) in [4.78, 5) is 14.8. The van der Waals surface area contributed by atoms with Crippen LogP contribution in [0.15, 0.2) is 30.3 Å². The number of hydrogen-bond acceptors (Lipinski definition) is 2. The van der Waals surface area contributed by atoms with Crippen LogP contribution in [0, 0.1) is 23.7 Å². The van der Waals surface area contributed by atoms with Crippen LogP contribution in [0.4, 0.5) is 0 Å². The number of carbonyl (C=O) groups is 1. The molecule has 4 rings (SSSR count). The second kappa shape index (κ2) is 5.15. The highest BCUT2D eigenvalue weighted by atomic mass is 16.3. The minimum absolute atomic E-state index is 0.260. The molecule has 1 amide bonds. The van der Waals surface area contributed by atoms with Crippen LogP contribution in [0.25, 0.3) is 5.57 Å². The number of benzene rings is 1. The van der Waals surface area contributed by atoms with Crippen LogP contribution in [-0.4, -0.2) is 29.0 Å². The van der Waals surface area contributed by atoms with E-state index in [2.05, 4.69) is 13.0 Å². The van der Waals surface area contributed by atoms with Crippen LogP contribution in [0.1, 0.15) is 31.7 Å². The third-order valence-electron chi connectivity index (χ3n) is 5.61. The van der Waals surface area contributed by atoms with Crippen LogP contribution >= 0.6 is 0 Å². The molecular weight excluding hydrogens is 274 g/mol. The standard InChI is InChI=1S/C19H23NO2/c1-12-17(13-8-9-13)18(12)19(22)20-10-4-5-14(11-20)15-6-2-3-7-16(15)21/h2-3,5-7,12-13,17-18,21H,4,8-11H2,1H3. The summed E-state index contributed by atoms with van der Waals surface area (Å²) in [5.41, 5.74) is 1.94. The fraction of sp³-hybridized carbons (Fsp3) is 0.526. The maximum Gasteiger partial charge on any atom is 0.226 e. The molecule has 3 atom stereocenters. The van der Waals surface area contributed by atoms with Gasteiger partial charge in [-0.15, -0.1) is 0 Å². The van der Waals surface area contributed by atoms with Gasteiger partial charge in [-0.25, -0.2) is 0 Å². The van der Waals surface area contributed by atoms with Crippen molar-refractivity contribution in [2.24, 2.45) is 23.7 Å². The molecule has 3 aliphatic rings. The molecule has 1 aliphatic heterocycles. The molecule has 116 valence electrons. The Hall–Kier alpha value is -1.77. The number of rotatable bonds is 3. The third kappa shape index (κ3) is 2.33. The highest BCUT2D eigenvalue weighted by Crippen LogP contribution is 2.59. The minimum atomic E-state index is 0.260. The summed E-state index contributed by atoms with van der Waals surface area (Å²) >= 11 is 0. The predicted molar refractivity (Wildman–Crippen MR) is 86.1 cm³/mol. The first kappa shape index (κ1) is 13.9. The minimum Gasteiger partial charge on any atom is -0.507 e. The molecular formula is C19H23NO2. The van der Waals surface area contributed by atoms with Crippen molar-refractivity contribution in [1.29, 1.82) is 0 Å². The van der Waals surface area contributed by atoms with Gasteiger partial charge < -0.3 is 10.0 Å². The van der Waals surface area contributed by atoms with Gasteiger partial charge in [0.1, 0.15) is 5.75 Å². The van der Waals surface area contributed by atoms with Crippen molar-refractivity contribution in [2.75, 3.05) is 13.1 Å². The second-order valence-corrected chi connectivity index (χ2v) is 7.09. The quantitative estimate of drug-likeness (QED) is 0.930. The van der Waals surface area contributed by atoms with Gasteiger partial charge in [0.15, 0.2) is 0 Å². The maximum atomic E-state index is 12.8. The predicted octanol–water partition coefficient (Wildman–Crippen LogP) is 3.30. The first-order valence-electron chi connectivity index (χ1n) is 8.43. The van der Waals surface area contributed by atoms with E-state index in [1.54, 1.807) is 6.07 Å². The van der Waals surface area contributed by atoms with Crippen molar-refractivity contribution < 1.29 is 9.90 Å². The normalized spacial score (nSPS) is 30.9. The lowest BCUT2D eigenvalue weighted by Crippen LogP contribution is -2.37. The topological polar surface area (TPSA) is 40.5 Å². The van der Waals surface area contributed by atoms with Gasteiger partial charge in [-0.3, -0.25) is 4.79 Å². The highest BCUT2D eigenvalue weighted by Gasteiger charge is 2.58. The van der Waals surface area contributed by atoms with E-state index in [1.807, 2.05) is 23.1 Å². The summed E-state index contributed by atoms with van der Waals surface area (Å²) in [6.07, 6.45) is 5.68. The van der Waals surface area contributed by atoms with E-state index in [0.29, 0.717) is 30.0 Å². The molecule has 0 saturated heterocycles. The van der Waals surface area contributed by atoms with Crippen LogP contribution in [0.5, 0.6) is 5.75 Å². The molecule has 3 heteroatoms. The summed E-state index contributed by atoms with van der Waals surface area (Å²) in [5, 5.41) is 10.0. The molecule has 22 heavy (non-hydrogen) atoms. The van der Waals surface area contributed by atoms with Gasteiger partial charge in [0.25, 0.3) is 0 Å². The molecule has 0 spiro atoms. The molecule has 3 nitrogen and oxygen atoms in total. The number of phenols is 1. The van der Waals surface area contributed by atoms with Gasteiger partial charge in [0.05, 0.1) is 0 Å². The lowest BCUT2D eigenvalue weighted by atomic mass is 9.99. The Bertz CT molecular complexity index is 632. The Morgan fingerprint density at radius 3 is 2.77 bits per heavy atom. The highest BCUT2D eigenvalue weighted by molar-refractivity contribution is 5.85. The molecule has 1 N–H and O–H groups in total. The smallest absolute Gasteiger partial charge is 0.226 e. The van der Waals surface area contributed by atoms with Crippen molar-refractivity contribution in [2.45, 2.75) is 26.2 Å². The van der Waals surface area contributed by atoms with Crippen LogP contribution in [0.2, 0.25) is 0 Å². The van der Waals surface area contributed by atoms with Gasteiger partial charge in [-0.1, -0.05) is 31.2 Å². The van der Waals surface area contributed by atoms with Gasteiger partial charge in [-0.05, 0) is 48.7 Å². The van der Waals surface area contributed by atoms with Gasteiger partial charge >= 0.3 is 0 Å². The molecule has 1 heterocycles. The van der Waals surface area contributed by atoms with E-state index in [1.165, 1.54) is 12.8 Å². The van der Waals surface area contributed by atoms with Gasteiger partial charge in [0.2, 0.25) is 5.91 Å². The summed E-state index contributed by atoms with van der Waals surface area (Å²) in [6, 6.07) is 7.41. The first-order valence-corrected chi connectivity index (χ1v) is 8.43. The Kier molecular flexibility index (Phi) is 3.24. The average molecular weight is 297 g/mol. The van der Waals surface area contributed by atoms with Crippen LogP contribution in [-0.2, 0) is 4.79 Å². The molecule has 1 aromatic rings. The molecule has 2 saturated carbocycles. The number of phenolic OH excluding ortho intramolecular Hbond substituents is 1. The fourth-order valence-corrected chi connectivity index (χ4v) is 4.17. The summed E-state index contributed by atoms with van der Waals surface area (Å²) < 4.78 is 0. The lowest BCUT2D eigenvalue weighted by molar-refractivity contribution is -0.132. The number of para-hydroxylation sites is 1. The Labute approximate surface area is 131 Å². The second-order valence-electron chi connectivity index (χ2n) is 7.09. The molecule has 2 fully saturated rings. The largest absolute Gasteiger partial charge is 0.507 e. The van der Waals surface area contributed by atoms with Crippen molar-refractivity contribution in [1.82, 2.24) is 4.90 Å². The van der Waals surface area contributed by atoms with E-state index in [0.717, 1.165) is 30.0 Å². The number of aromatic hydroxyl groups is 1. The maximum absolute atomic E-state index is 12.8. The van der Waals surface area contributed by atoms with Gasteiger partial charge in [0, 0.05) is 24.6 Å². The molecule has 1 aromatic carbocycles. The van der Waals surface area contributed by atoms with E-state index < -0.39 is 0 Å². The summed E-state index contributed by atoms with van der Waals surface area (Å²) in [5.74, 6) is 2.94. The SMILES string of the molecule is CC1C(C(=O)N2CCC=C(c3ccccc3O)C2)C1C1CC1. The summed E-state index contributed by atoms with van der Waals surface area (Å²) in [7, 11) is 0.